The predicted octanol–water partition coefficient (Wildman–Crippen LogP) is 5.88. The van der Waals surface area contributed by atoms with Crippen LogP contribution >= 0.6 is 7.82 Å². The Bertz CT molecular complexity index is 1770. The van der Waals surface area contributed by atoms with E-state index < -0.39 is 7.82 Å². The van der Waals surface area contributed by atoms with Crippen LogP contribution in [0.3, 0.4) is 0 Å². The first-order valence-electron chi connectivity index (χ1n) is 14.3. The van der Waals surface area contributed by atoms with Gasteiger partial charge in [-0.15, -0.1) is 0 Å². The lowest BCUT2D eigenvalue weighted by Gasteiger charge is -2.18. The van der Waals surface area contributed by atoms with Crippen molar-refractivity contribution >= 4 is 30.5 Å². The molecule has 45 heavy (non-hydrogen) atoms. The fourth-order valence-electron chi connectivity index (χ4n) is 4.54. The van der Waals surface area contributed by atoms with Gasteiger partial charge in [-0.1, -0.05) is 6.08 Å². The third kappa shape index (κ3) is 8.22. The number of amides is 1. The minimum absolute atomic E-state index is 0.153. The van der Waals surface area contributed by atoms with Crippen LogP contribution in [0.5, 0.6) is 5.75 Å². The van der Waals surface area contributed by atoms with Crippen molar-refractivity contribution in [1.82, 2.24) is 19.4 Å². The van der Waals surface area contributed by atoms with E-state index in [9.17, 15) is 14.6 Å². The van der Waals surface area contributed by atoms with Gasteiger partial charge in [-0.3, -0.25) is 18.4 Å². The van der Waals surface area contributed by atoms with Crippen LogP contribution < -0.4 is 9.64 Å². The number of nitrogens with zero attached hydrogens (tertiary/aromatic N) is 6. The van der Waals surface area contributed by atoms with Crippen molar-refractivity contribution in [2.24, 2.45) is 0 Å². The quantitative estimate of drug-likeness (QED) is 0.123. The van der Waals surface area contributed by atoms with E-state index in [1.54, 1.807) is 74.1 Å². The van der Waals surface area contributed by atoms with Gasteiger partial charge in [0.15, 0.2) is 0 Å². The maximum absolute atomic E-state index is 13.0. The van der Waals surface area contributed by atoms with Crippen molar-refractivity contribution in [3.05, 3.63) is 72.8 Å². The van der Waals surface area contributed by atoms with Gasteiger partial charge in [0.2, 0.25) is 5.91 Å². The summed E-state index contributed by atoms with van der Waals surface area (Å²) in [6.07, 6.45) is 8.44. The molecule has 1 amide bonds. The van der Waals surface area contributed by atoms with E-state index >= 15 is 0 Å². The molecular formula is C32H37N6O6P. The van der Waals surface area contributed by atoms with Crippen LogP contribution in [0.2, 0.25) is 0 Å². The molecule has 12 nitrogen and oxygen atoms in total. The number of hydrogen-bond acceptors (Lipinski definition) is 10. The van der Waals surface area contributed by atoms with Gasteiger partial charge in [0, 0.05) is 66.5 Å². The molecule has 0 saturated heterocycles. The molecule has 13 heteroatoms. The Kier molecular flexibility index (Phi) is 11.2. The van der Waals surface area contributed by atoms with Crippen LogP contribution in [0.1, 0.15) is 19.5 Å². The van der Waals surface area contributed by atoms with Gasteiger partial charge in [0.1, 0.15) is 29.9 Å². The van der Waals surface area contributed by atoms with Crippen LogP contribution in [0.25, 0.3) is 33.3 Å². The maximum atomic E-state index is 13.0. The van der Waals surface area contributed by atoms with Crippen LogP contribution in [-0.2, 0) is 29.7 Å². The van der Waals surface area contributed by atoms with Gasteiger partial charge in [0.25, 0.3) is 0 Å². The minimum atomic E-state index is -3.80. The summed E-state index contributed by atoms with van der Waals surface area (Å²) in [5, 5.41) is 10.2. The van der Waals surface area contributed by atoms with Gasteiger partial charge in [-0.2, -0.15) is 5.26 Å². The van der Waals surface area contributed by atoms with Crippen molar-refractivity contribution in [2.75, 3.05) is 52.9 Å². The SMILES string of the molecule is CCOP(=O)(OCC)OCn1cc(-c2ccnc(C#N)c2)c2cc(-c3cc(OC)cc(N(C)C(=O)C=CCN(C)C)c3)cnc21. The van der Waals surface area contributed by atoms with Crippen LogP contribution in [0.15, 0.2) is 67.1 Å². The van der Waals surface area contributed by atoms with Gasteiger partial charge < -0.3 is 19.1 Å². The summed E-state index contributed by atoms with van der Waals surface area (Å²) in [6.45, 7) is 4.20. The normalized spacial score (nSPS) is 11.8. The second kappa shape index (κ2) is 15.1. The lowest BCUT2D eigenvalue weighted by molar-refractivity contribution is -0.113. The molecule has 0 atom stereocenters. The van der Waals surface area contributed by atoms with E-state index in [0.29, 0.717) is 23.6 Å². The summed E-state index contributed by atoms with van der Waals surface area (Å²) in [5.74, 6) is 0.396. The Balaban J connectivity index is 1.80. The highest BCUT2D eigenvalue weighted by molar-refractivity contribution is 7.48. The molecule has 0 N–H and O–H groups in total. The first kappa shape index (κ1) is 33.5. The average molecular weight is 633 g/mol. The number of rotatable bonds is 14. The van der Waals surface area contributed by atoms with Gasteiger partial charge in [-0.05, 0) is 69.4 Å². The molecule has 4 aromatic rings. The standard InChI is InChI=1S/C32H37N6O6P/c1-7-42-45(40,43-8-2)44-22-38-21-30(23-11-12-34-26(14-23)19-33)29-17-25(20-35-32(29)38)24-15-27(18-28(16-24)41-6)37(5)31(39)10-9-13-36(3)4/h9-12,14-18,20-21H,7-8,13,22H2,1-6H3. The number of carbonyl (C=O) groups is 1. The van der Waals surface area contributed by atoms with Gasteiger partial charge >= 0.3 is 7.82 Å². The number of anilines is 1. The fraction of sp³-hybridized carbons (Fsp3) is 0.312. The Morgan fingerprint density at radius 3 is 2.44 bits per heavy atom. The smallest absolute Gasteiger partial charge is 0.476 e. The molecule has 1 aromatic carbocycles. The predicted molar refractivity (Wildman–Crippen MR) is 173 cm³/mol. The average Bonchev–Trinajstić information content (AvgIpc) is 3.41. The number of ether oxygens (including phenoxy) is 1. The molecule has 0 bridgehead atoms. The zero-order chi connectivity index (χ0) is 32.6. The number of pyridine rings is 2. The summed E-state index contributed by atoms with van der Waals surface area (Å²) in [6, 6.07) is 13.1. The van der Waals surface area contributed by atoms with E-state index in [2.05, 4.69) is 11.1 Å². The Morgan fingerprint density at radius 1 is 1.02 bits per heavy atom. The summed E-state index contributed by atoms with van der Waals surface area (Å²) in [5.41, 5.74) is 4.48. The second-order valence-corrected chi connectivity index (χ2v) is 11.8. The summed E-state index contributed by atoms with van der Waals surface area (Å²) >= 11 is 0. The Labute approximate surface area is 263 Å². The van der Waals surface area contributed by atoms with Crippen LogP contribution in [0.4, 0.5) is 5.69 Å². The highest BCUT2D eigenvalue weighted by Gasteiger charge is 2.26. The molecular weight excluding hydrogens is 595 g/mol. The van der Waals surface area contributed by atoms with Gasteiger partial charge in [0.05, 0.1) is 20.3 Å². The summed E-state index contributed by atoms with van der Waals surface area (Å²) in [7, 11) is 3.35. The number of nitriles is 1. The Hall–Kier alpha value is -4.37. The highest BCUT2D eigenvalue weighted by Crippen LogP contribution is 2.49. The summed E-state index contributed by atoms with van der Waals surface area (Å²) in [4.78, 5) is 25.3. The van der Waals surface area contributed by atoms with Gasteiger partial charge in [-0.25, -0.2) is 14.5 Å². The lowest BCUT2D eigenvalue weighted by Crippen LogP contribution is -2.24. The van der Waals surface area contributed by atoms with E-state index in [4.69, 9.17) is 23.3 Å². The maximum Gasteiger partial charge on any atom is 0.476 e. The third-order valence-corrected chi connectivity index (χ3v) is 8.32. The first-order chi connectivity index (χ1) is 21.6. The molecule has 0 aliphatic rings. The fourth-order valence-corrected chi connectivity index (χ4v) is 5.66. The molecule has 0 saturated carbocycles. The molecule has 3 heterocycles. The number of phosphoric ester groups is 1. The topological polar surface area (TPSA) is 132 Å². The zero-order valence-electron chi connectivity index (χ0n) is 26.3. The Morgan fingerprint density at radius 2 is 1.78 bits per heavy atom. The van der Waals surface area contributed by atoms with Crippen molar-refractivity contribution in [3.8, 4) is 34.1 Å². The lowest BCUT2D eigenvalue weighted by atomic mass is 10.0. The number of benzene rings is 1. The molecule has 3 aromatic heterocycles. The molecule has 4 rings (SSSR count). The molecule has 0 spiro atoms. The van der Waals surface area contributed by atoms with Crippen molar-refractivity contribution < 1.29 is 27.7 Å². The summed E-state index contributed by atoms with van der Waals surface area (Å²) < 4.78 is 36.5. The molecule has 0 fully saturated rings. The van der Waals surface area contributed by atoms with Crippen LogP contribution in [-0.4, -0.2) is 73.4 Å². The van der Waals surface area contributed by atoms with Crippen molar-refractivity contribution in [1.29, 1.82) is 5.26 Å². The van der Waals surface area contributed by atoms with E-state index in [1.165, 1.54) is 0 Å². The largest absolute Gasteiger partial charge is 0.497 e. The second-order valence-electron chi connectivity index (χ2n) is 10.2. The monoisotopic (exact) mass is 632 g/mol. The number of methoxy groups -OCH3 is 1. The number of aromatic nitrogens is 3. The van der Waals surface area contributed by atoms with E-state index in [0.717, 1.165) is 27.6 Å². The minimum Gasteiger partial charge on any atom is -0.497 e. The number of hydrogen-bond donors (Lipinski definition) is 0. The number of likely N-dealkylation sites (N-methyl/N-ethyl adjacent to an activating group) is 2. The van der Waals surface area contributed by atoms with E-state index in [-0.39, 0.29) is 31.5 Å². The third-order valence-electron chi connectivity index (χ3n) is 6.74. The van der Waals surface area contributed by atoms with Crippen molar-refractivity contribution in [2.45, 2.75) is 20.6 Å². The number of carbonyl (C=O) groups excluding carboxylic acids is 1. The van der Waals surface area contributed by atoms with Crippen molar-refractivity contribution in [3.63, 3.8) is 0 Å². The first-order valence-corrected chi connectivity index (χ1v) is 15.7. The number of phosphoric acid groups is 1. The zero-order valence-corrected chi connectivity index (χ0v) is 27.2. The van der Waals surface area contributed by atoms with E-state index in [1.807, 2.05) is 49.5 Å². The molecule has 0 aliphatic carbocycles. The molecule has 0 radical (unpaired) electrons. The highest BCUT2D eigenvalue weighted by atomic mass is 31.2. The number of fused-ring (bicyclic) bond motifs is 1. The molecule has 236 valence electrons. The molecule has 0 aliphatic heterocycles. The van der Waals surface area contributed by atoms with Crippen LogP contribution in [0, 0.1) is 11.3 Å². The molecule has 0 unspecified atom stereocenters.